The van der Waals surface area contributed by atoms with Crippen molar-refractivity contribution in [2.24, 2.45) is 4.99 Å². The molecule has 1 amide bonds. The van der Waals surface area contributed by atoms with Gasteiger partial charge in [-0.3, -0.25) is 9.69 Å². The third-order valence-corrected chi connectivity index (χ3v) is 3.96. The van der Waals surface area contributed by atoms with Crippen LogP contribution < -0.4 is 4.90 Å². The number of amidine groups is 1. The Morgan fingerprint density at radius 1 is 1.00 bits per heavy atom. The summed E-state index contributed by atoms with van der Waals surface area (Å²) in [5.74, 6) is 0.812. The number of benzene rings is 2. The highest BCUT2D eigenvalue weighted by Gasteiger charge is 2.36. The Morgan fingerprint density at radius 2 is 1.74 bits per heavy atom. The first-order valence-corrected chi connectivity index (χ1v) is 6.31. The number of amides is 1. The van der Waals surface area contributed by atoms with E-state index in [1.807, 2.05) is 38.1 Å². The fraction of sp³-hybridized carbons (Fsp3) is 0.125. The zero-order valence-corrected chi connectivity index (χ0v) is 10.8. The number of carbonyl (C=O) groups is 1. The van der Waals surface area contributed by atoms with E-state index in [-0.39, 0.29) is 5.91 Å². The zero-order valence-electron chi connectivity index (χ0n) is 10.8. The Kier molecular flexibility index (Phi) is 1.83. The van der Waals surface area contributed by atoms with E-state index in [2.05, 4.69) is 17.1 Å². The molecule has 4 rings (SSSR count). The van der Waals surface area contributed by atoms with Crippen molar-refractivity contribution in [3.63, 3.8) is 0 Å². The Labute approximate surface area is 110 Å². The lowest BCUT2D eigenvalue weighted by atomic mass is 10.0. The predicted molar refractivity (Wildman–Crippen MR) is 76.9 cm³/mol. The molecular formula is C16H12N2O. The van der Waals surface area contributed by atoms with Crippen molar-refractivity contribution < 1.29 is 4.79 Å². The molecule has 19 heavy (non-hydrogen) atoms. The Hall–Kier alpha value is -2.42. The number of nitrogens with zero attached hydrogens (tertiary/aromatic N) is 2. The molecule has 2 aromatic rings. The minimum Gasteiger partial charge on any atom is -0.269 e. The summed E-state index contributed by atoms with van der Waals surface area (Å²) >= 11 is 0. The Balaban J connectivity index is 2.14. The van der Waals surface area contributed by atoms with Crippen molar-refractivity contribution in [1.29, 1.82) is 0 Å². The lowest BCUT2D eigenvalue weighted by molar-refractivity contribution is -0.113. The molecule has 92 valence electrons. The summed E-state index contributed by atoms with van der Waals surface area (Å²) < 4.78 is 0. The Morgan fingerprint density at radius 3 is 2.53 bits per heavy atom. The van der Waals surface area contributed by atoms with Crippen molar-refractivity contribution in [3.8, 4) is 0 Å². The maximum Gasteiger partial charge on any atom is 0.260 e. The number of hydrogen-bond acceptors (Lipinski definition) is 2. The van der Waals surface area contributed by atoms with E-state index >= 15 is 0 Å². The third kappa shape index (κ3) is 1.17. The van der Waals surface area contributed by atoms with Gasteiger partial charge in [-0.1, -0.05) is 24.3 Å². The smallest absolute Gasteiger partial charge is 0.260 e. The monoisotopic (exact) mass is 248 g/mol. The predicted octanol–water partition coefficient (Wildman–Crippen LogP) is 3.57. The highest BCUT2D eigenvalue weighted by Crippen LogP contribution is 2.42. The fourth-order valence-corrected chi connectivity index (χ4v) is 2.81. The quantitative estimate of drug-likeness (QED) is 0.701. The van der Waals surface area contributed by atoms with Crippen LogP contribution in [0.25, 0.3) is 10.8 Å². The summed E-state index contributed by atoms with van der Waals surface area (Å²) in [6, 6.07) is 12.1. The second kappa shape index (κ2) is 3.32. The van der Waals surface area contributed by atoms with Gasteiger partial charge in [0.05, 0.1) is 11.4 Å². The molecule has 0 unspecified atom stereocenters. The molecule has 0 radical (unpaired) electrons. The van der Waals surface area contributed by atoms with Crippen LogP contribution in [0, 0.1) is 0 Å². The topological polar surface area (TPSA) is 32.7 Å². The van der Waals surface area contributed by atoms with E-state index in [1.54, 1.807) is 4.90 Å². The second-order valence-electron chi connectivity index (χ2n) is 4.98. The van der Waals surface area contributed by atoms with E-state index in [1.165, 1.54) is 0 Å². The van der Waals surface area contributed by atoms with Crippen molar-refractivity contribution in [1.82, 2.24) is 0 Å². The molecule has 0 aliphatic carbocycles. The number of anilines is 1. The number of carbonyl (C=O) groups excluding carboxylic acids is 1. The van der Waals surface area contributed by atoms with Crippen LogP contribution in [-0.4, -0.2) is 11.7 Å². The molecule has 3 nitrogen and oxygen atoms in total. The standard InChI is InChI=1S/C16H12N2O/c1-9-10(2)16(19)18-13-8-4-6-11-5-3-7-12(14(11)13)17-15(9)18/h3-8H,1-2H3. The van der Waals surface area contributed by atoms with Crippen molar-refractivity contribution in [2.45, 2.75) is 13.8 Å². The first-order valence-electron chi connectivity index (χ1n) is 6.31. The SMILES string of the molecule is CC1=C(C)C2=Nc3cccc4cccc(c34)N2C1=O. The molecule has 2 aliphatic heterocycles. The highest BCUT2D eigenvalue weighted by molar-refractivity contribution is 6.38. The van der Waals surface area contributed by atoms with E-state index in [0.29, 0.717) is 0 Å². The van der Waals surface area contributed by atoms with Crippen LogP contribution in [0.1, 0.15) is 13.8 Å². The van der Waals surface area contributed by atoms with Gasteiger partial charge in [0, 0.05) is 16.5 Å². The van der Waals surface area contributed by atoms with Crippen molar-refractivity contribution in [3.05, 3.63) is 47.5 Å². The average molecular weight is 248 g/mol. The first kappa shape index (κ1) is 10.5. The van der Waals surface area contributed by atoms with Gasteiger partial charge in [0.1, 0.15) is 5.84 Å². The second-order valence-corrected chi connectivity index (χ2v) is 4.98. The first-order chi connectivity index (χ1) is 9.18. The highest BCUT2D eigenvalue weighted by atomic mass is 16.2. The number of rotatable bonds is 0. The molecule has 2 heterocycles. The van der Waals surface area contributed by atoms with Gasteiger partial charge in [0.15, 0.2) is 0 Å². The van der Waals surface area contributed by atoms with Crippen LogP contribution in [0.15, 0.2) is 52.5 Å². The van der Waals surface area contributed by atoms with Crippen LogP contribution in [0.3, 0.4) is 0 Å². The molecule has 0 aromatic heterocycles. The van der Waals surface area contributed by atoms with Crippen molar-refractivity contribution >= 4 is 33.9 Å². The lowest BCUT2D eigenvalue weighted by Crippen LogP contribution is -2.32. The van der Waals surface area contributed by atoms with E-state index in [0.717, 1.165) is 39.1 Å². The van der Waals surface area contributed by atoms with Gasteiger partial charge in [0.25, 0.3) is 5.91 Å². The van der Waals surface area contributed by atoms with Crippen LogP contribution in [0.5, 0.6) is 0 Å². The summed E-state index contributed by atoms with van der Waals surface area (Å²) in [6.07, 6.45) is 0. The minimum atomic E-state index is 0.0400. The van der Waals surface area contributed by atoms with E-state index < -0.39 is 0 Å². The van der Waals surface area contributed by atoms with Gasteiger partial charge in [0.2, 0.25) is 0 Å². The third-order valence-electron chi connectivity index (χ3n) is 3.96. The molecule has 0 fully saturated rings. The van der Waals surface area contributed by atoms with Gasteiger partial charge >= 0.3 is 0 Å². The van der Waals surface area contributed by atoms with Gasteiger partial charge in [-0.05, 0) is 31.4 Å². The van der Waals surface area contributed by atoms with Gasteiger partial charge < -0.3 is 0 Å². The number of hydrogen-bond donors (Lipinski definition) is 0. The average Bonchev–Trinajstić information content (AvgIpc) is 2.65. The lowest BCUT2D eigenvalue weighted by Gasteiger charge is -2.25. The zero-order chi connectivity index (χ0) is 13.1. The maximum absolute atomic E-state index is 12.4. The molecule has 0 saturated carbocycles. The van der Waals surface area contributed by atoms with E-state index in [9.17, 15) is 4.79 Å². The molecule has 0 N–H and O–H groups in total. The molecule has 2 aliphatic rings. The fourth-order valence-electron chi connectivity index (χ4n) is 2.81. The molecule has 0 spiro atoms. The van der Waals surface area contributed by atoms with Gasteiger partial charge in [-0.25, -0.2) is 4.99 Å². The maximum atomic E-state index is 12.4. The number of aliphatic imine (C=N–C) groups is 1. The van der Waals surface area contributed by atoms with Gasteiger partial charge in [-0.15, -0.1) is 0 Å². The molecule has 0 saturated heterocycles. The number of fused-ring (bicyclic) bond motifs is 2. The van der Waals surface area contributed by atoms with Crippen LogP contribution in [0.4, 0.5) is 11.4 Å². The molecule has 0 atom stereocenters. The summed E-state index contributed by atoms with van der Waals surface area (Å²) in [7, 11) is 0. The Bertz CT molecular complexity index is 809. The normalized spacial score (nSPS) is 17.1. The van der Waals surface area contributed by atoms with Crippen molar-refractivity contribution in [2.75, 3.05) is 4.90 Å². The summed E-state index contributed by atoms with van der Waals surface area (Å²) in [6.45, 7) is 3.82. The molecule has 3 heteroatoms. The minimum absolute atomic E-state index is 0.0400. The van der Waals surface area contributed by atoms with Gasteiger partial charge in [-0.2, -0.15) is 0 Å². The largest absolute Gasteiger partial charge is 0.269 e. The molecule has 0 bridgehead atoms. The summed E-state index contributed by atoms with van der Waals surface area (Å²) in [5, 5.41) is 2.18. The molecule has 2 aromatic carbocycles. The summed E-state index contributed by atoms with van der Waals surface area (Å²) in [4.78, 5) is 18.8. The van der Waals surface area contributed by atoms with Crippen LogP contribution in [-0.2, 0) is 4.79 Å². The summed E-state index contributed by atoms with van der Waals surface area (Å²) in [5.41, 5.74) is 3.64. The van der Waals surface area contributed by atoms with Crippen LogP contribution >= 0.6 is 0 Å². The van der Waals surface area contributed by atoms with E-state index in [4.69, 9.17) is 0 Å². The molecular weight excluding hydrogens is 236 g/mol. The van der Waals surface area contributed by atoms with Crippen LogP contribution in [0.2, 0.25) is 0 Å².